The molecule has 0 fully saturated rings. The minimum absolute atomic E-state index is 0.0467. The van der Waals surface area contributed by atoms with Crippen molar-refractivity contribution in [3.05, 3.63) is 58.9 Å². The van der Waals surface area contributed by atoms with Crippen LogP contribution in [0.2, 0.25) is 5.02 Å². The summed E-state index contributed by atoms with van der Waals surface area (Å²) in [6, 6.07) is 10.9. The Kier molecular flexibility index (Phi) is 6.56. The van der Waals surface area contributed by atoms with Gasteiger partial charge in [0.15, 0.2) is 0 Å². The average Bonchev–Trinajstić information content (AvgIpc) is 2.74. The molecule has 0 amide bonds. The molecule has 0 spiro atoms. The first-order valence-electron chi connectivity index (χ1n) is 8.18. The molecule has 0 unspecified atom stereocenters. The summed E-state index contributed by atoms with van der Waals surface area (Å²) >= 11 is 7.87. The number of rotatable bonds is 5. The van der Waals surface area contributed by atoms with Gasteiger partial charge in [-0.1, -0.05) is 29.4 Å². The van der Waals surface area contributed by atoms with Crippen molar-refractivity contribution in [1.82, 2.24) is 4.98 Å². The molecule has 0 radical (unpaired) electrons. The number of benzene rings is 1. The molecule has 2 aromatic rings. The zero-order valence-electron chi connectivity index (χ0n) is 15.2. The minimum atomic E-state index is -0.660. The third kappa shape index (κ3) is 4.30. The number of ether oxygens (including phenoxy) is 3. The Morgan fingerprint density at radius 1 is 1.18 bits per heavy atom. The molecule has 9 heteroatoms. The molecule has 0 atom stereocenters. The van der Waals surface area contributed by atoms with Crippen LogP contribution in [0.15, 0.2) is 63.8 Å². The molecule has 1 aliphatic rings. The third-order valence-corrected chi connectivity index (χ3v) is 5.36. The first-order chi connectivity index (χ1) is 13.5. The fourth-order valence-electron chi connectivity index (χ4n) is 2.61. The van der Waals surface area contributed by atoms with Crippen LogP contribution in [-0.2, 0) is 23.8 Å². The van der Waals surface area contributed by atoms with Crippen molar-refractivity contribution in [2.45, 2.75) is 9.92 Å². The molecule has 0 saturated carbocycles. The van der Waals surface area contributed by atoms with Crippen LogP contribution in [0.3, 0.4) is 0 Å². The molecule has 7 nitrogen and oxygen atoms in total. The zero-order valence-corrected chi connectivity index (χ0v) is 16.7. The van der Waals surface area contributed by atoms with Crippen molar-refractivity contribution in [2.24, 2.45) is 0 Å². The number of hydrogen-bond donors (Lipinski definition) is 0. The molecule has 0 bridgehead atoms. The van der Waals surface area contributed by atoms with E-state index in [4.69, 9.17) is 25.8 Å². The number of hydrogen-bond acceptors (Lipinski definition) is 8. The highest BCUT2D eigenvalue weighted by Crippen LogP contribution is 2.36. The molecule has 28 heavy (non-hydrogen) atoms. The van der Waals surface area contributed by atoms with Gasteiger partial charge in [0, 0.05) is 16.8 Å². The van der Waals surface area contributed by atoms with Crippen molar-refractivity contribution < 1.29 is 23.8 Å². The number of anilines is 1. The predicted molar refractivity (Wildman–Crippen MR) is 104 cm³/mol. The van der Waals surface area contributed by atoms with Crippen molar-refractivity contribution >= 4 is 41.0 Å². The van der Waals surface area contributed by atoms with Gasteiger partial charge in [-0.3, -0.25) is 0 Å². The maximum Gasteiger partial charge on any atom is 0.355 e. The smallest absolute Gasteiger partial charge is 0.355 e. The first kappa shape index (κ1) is 20.2. The summed E-state index contributed by atoms with van der Waals surface area (Å²) in [5, 5.41) is 1.28. The number of carbonyl (C=O) groups is 2. The molecule has 3 rings (SSSR count). The highest BCUT2D eigenvalue weighted by molar-refractivity contribution is 7.99. The Balaban J connectivity index is 1.96. The van der Waals surface area contributed by atoms with E-state index in [1.165, 1.54) is 30.9 Å². The maximum absolute atomic E-state index is 12.3. The Morgan fingerprint density at radius 2 is 1.96 bits per heavy atom. The molecule has 0 saturated heterocycles. The van der Waals surface area contributed by atoms with E-state index in [2.05, 4.69) is 4.98 Å². The second kappa shape index (κ2) is 9.09. The van der Waals surface area contributed by atoms with E-state index in [0.717, 1.165) is 9.92 Å². The number of halogens is 1. The Hall–Kier alpha value is -2.55. The third-order valence-electron chi connectivity index (χ3n) is 3.91. The van der Waals surface area contributed by atoms with E-state index in [0.29, 0.717) is 10.7 Å². The highest BCUT2D eigenvalue weighted by atomic mass is 35.5. The molecular formula is C19H17ClN2O5S. The van der Waals surface area contributed by atoms with E-state index in [-0.39, 0.29) is 24.6 Å². The van der Waals surface area contributed by atoms with Crippen molar-refractivity contribution in [1.29, 1.82) is 0 Å². The van der Waals surface area contributed by atoms with E-state index < -0.39 is 11.9 Å². The van der Waals surface area contributed by atoms with Gasteiger partial charge < -0.3 is 19.1 Å². The molecule has 1 aromatic carbocycles. The highest BCUT2D eigenvalue weighted by Gasteiger charge is 2.32. The summed E-state index contributed by atoms with van der Waals surface area (Å²) in [6.45, 7) is 0.0168. The number of esters is 2. The largest absolute Gasteiger partial charge is 0.466 e. The van der Waals surface area contributed by atoms with Crippen LogP contribution in [-0.4, -0.2) is 44.5 Å². The molecule has 0 N–H and O–H groups in total. The van der Waals surface area contributed by atoms with Crippen LogP contribution in [0, 0.1) is 0 Å². The van der Waals surface area contributed by atoms with Gasteiger partial charge in [0.05, 0.1) is 31.4 Å². The van der Waals surface area contributed by atoms with Crippen LogP contribution in [0.1, 0.15) is 0 Å². The quantitative estimate of drug-likeness (QED) is 0.682. The SMILES string of the molecule is COC(=O)C1=C(C(=O)OC)N(c2ccc(Sc3ccccn3)c(Cl)c2)COC1. The van der Waals surface area contributed by atoms with Gasteiger partial charge in [-0.15, -0.1) is 0 Å². The van der Waals surface area contributed by atoms with Crippen molar-refractivity contribution in [2.75, 3.05) is 32.5 Å². The standard InChI is InChI=1S/C19H17ClN2O5S/c1-25-18(23)13-10-27-11-22(17(13)19(24)26-2)12-6-7-15(14(20)9-12)28-16-5-3-4-8-21-16/h3-9H,10-11H2,1-2H3. The molecule has 2 heterocycles. The molecule has 1 aromatic heterocycles. The molecule has 0 aliphatic carbocycles. The molecular weight excluding hydrogens is 404 g/mol. The van der Waals surface area contributed by atoms with Gasteiger partial charge >= 0.3 is 11.9 Å². The van der Waals surface area contributed by atoms with Crippen LogP contribution in [0.5, 0.6) is 0 Å². The molecule has 1 aliphatic heterocycles. The summed E-state index contributed by atoms with van der Waals surface area (Å²) in [5.74, 6) is -1.31. The lowest BCUT2D eigenvalue weighted by Gasteiger charge is -2.31. The molecule has 146 valence electrons. The minimum Gasteiger partial charge on any atom is -0.466 e. The monoisotopic (exact) mass is 420 g/mol. The van der Waals surface area contributed by atoms with Crippen molar-refractivity contribution in [3.63, 3.8) is 0 Å². The lowest BCUT2D eigenvalue weighted by Crippen LogP contribution is -2.38. The van der Waals surface area contributed by atoms with Crippen molar-refractivity contribution in [3.8, 4) is 0 Å². The Bertz CT molecular complexity index is 920. The number of aromatic nitrogens is 1. The summed E-state index contributed by atoms with van der Waals surface area (Å²) in [6.07, 6.45) is 1.71. The summed E-state index contributed by atoms with van der Waals surface area (Å²) in [5.41, 5.74) is 0.738. The van der Waals surface area contributed by atoms with Gasteiger partial charge in [-0.2, -0.15) is 0 Å². The number of pyridine rings is 1. The fourth-order valence-corrected chi connectivity index (χ4v) is 3.68. The lowest BCUT2D eigenvalue weighted by molar-refractivity contribution is -0.140. The summed E-state index contributed by atoms with van der Waals surface area (Å²) < 4.78 is 15.1. The van der Waals surface area contributed by atoms with Crippen LogP contribution < -0.4 is 4.90 Å². The van der Waals surface area contributed by atoms with Crippen LogP contribution in [0.4, 0.5) is 5.69 Å². The predicted octanol–water partition coefficient (Wildman–Crippen LogP) is 3.28. The zero-order chi connectivity index (χ0) is 20.1. The number of nitrogens with zero attached hydrogens (tertiary/aromatic N) is 2. The van der Waals surface area contributed by atoms with E-state index in [1.807, 2.05) is 24.3 Å². The van der Waals surface area contributed by atoms with Crippen LogP contribution in [0.25, 0.3) is 0 Å². The summed E-state index contributed by atoms with van der Waals surface area (Å²) in [7, 11) is 2.49. The fraction of sp³-hybridized carbons (Fsp3) is 0.211. The topological polar surface area (TPSA) is 78.0 Å². The van der Waals surface area contributed by atoms with Gasteiger partial charge in [0.25, 0.3) is 0 Å². The lowest BCUT2D eigenvalue weighted by atomic mass is 10.1. The van der Waals surface area contributed by atoms with Gasteiger partial charge in [-0.05, 0) is 30.3 Å². The average molecular weight is 421 g/mol. The maximum atomic E-state index is 12.3. The normalized spacial score (nSPS) is 14.0. The van der Waals surface area contributed by atoms with Gasteiger partial charge in [0.2, 0.25) is 0 Å². The second-order valence-electron chi connectivity index (χ2n) is 5.60. The van der Waals surface area contributed by atoms with Crippen LogP contribution >= 0.6 is 23.4 Å². The second-order valence-corrected chi connectivity index (χ2v) is 7.07. The number of methoxy groups -OCH3 is 2. The first-order valence-corrected chi connectivity index (χ1v) is 9.38. The van der Waals surface area contributed by atoms with E-state index in [9.17, 15) is 9.59 Å². The van der Waals surface area contributed by atoms with E-state index in [1.54, 1.807) is 18.3 Å². The van der Waals surface area contributed by atoms with Gasteiger partial charge in [-0.25, -0.2) is 14.6 Å². The van der Waals surface area contributed by atoms with Gasteiger partial charge in [0.1, 0.15) is 17.5 Å². The van der Waals surface area contributed by atoms with E-state index >= 15 is 0 Å². The summed E-state index contributed by atoms with van der Waals surface area (Å²) in [4.78, 5) is 31.0. The Morgan fingerprint density at radius 3 is 2.61 bits per heavy atom. The number of carbonyl (C=O) groups excluding carboxylic acids is 2. The Labute approximate surface area is 171 Å².